The summed E-state index contributed by atoms with van der Waals surface area (Å²) in [6.45, 7) is 0. The first kappa shape index (κ1) is 13.6. The number of amides is 1. The second-order valence-electron chi connectivity index (χ2n) is 3.14. The van der Waals surface area contributed by atoms with Crippen molar-refractivity contribution >= 4 is 11.9 Å². The van der Waals surface area contributed by atoms with Gasteiger partial charge in [0.15, 0.2) is 0 Å². The highest BCUT2D eigenvalue weighted by Gasteiger charge is 1.98. The number of carbonyl (C=O) groups is 1. The molecule has 0 saturated carbocycles. The summed E-state index contributed by atoms with van der Waals surface area (Å²) in [7, 11) is 3.38. The fraction of sp³-hybridized carbons (Fsp3) is 0.167. The molecule has 2 aromatic rings. The molecule has 0 aromatic carbocycles. The molecular formula is C12H15N5O. The third kappa shape index (κ3) is 4.56. The molecule has 0 bridgehead atoms. The van der Waals surface area contributed by atoms with Gasteiger partial charge in [-0.3, -0.25) is 9.78 Å². The van der Waals surface area contributed by atoms with Gasteiger partial charge in [0.25, 0.3) is 5.91 Å². The maximum Gasteiger partial charge on any atom is 0.252 e. The molecule has 2 aromatic heterocycles. The van der Waals surface area contributed by atoms with Crippen molar-refractivity contribution < 1.29 is 4.79 Å². The Morgan fingerprint density at radius 2 is 1.83 bits per heavy atom. The fourth-order valence-electron chi connectivity index (χ4n) is 1.07. The van der Waals surface area contributed by atoms with Crippen LogP contribution in [0.15, 0.2) is 43.0 Å². The Hall–Kier alpha value is -2.50. The summed E-state index contributed by atoms with van der Waals surface area (Å²) in [6.07, 6.45) is 6.54. The molecule has 94 valence electrons. The van der Waals surface area contributed by atoms with Crippen molar-refractivity contribution in [2.75, 3.05) is 19.4 Å². The number of aromatic nitrogens is 3. The molecule has 1 amide bonds. The van der Waals surface area contributed by atoms with Crippen molar-refractivity contribution in [1.29, 1.82) is 0 Å². The molecule has 0 radical (unpaired) electrons. The van der Waals surface area contributed by atoms with E-state index >= 15 is 0 Å². The molecule has 0 saturated heterocycles. The number of anilines is 1. The van der Waals surface area contributed by atoms with E-state index in [1.54, 1.807) is 50.9 Å². The van der Waals surface area contributed by atoms with Crippen LogP contribution in [0.2, 0.25) is 0 Å². The molecule has 6 nitrogen and oxygen atoms in total. The predicted molar refractivity (Wildman–Crippen MR) is 69.2 cm³/mol. The second kappa shape index (κ2) is 7.72. The number of pyridine rings is 1. The molecule has 18 heavy (non-hydrogen) atoms. The van der Waals surface area contributed by atoms with Crippen LogP contribution in [-0.4, -0.2) is 35.0 Å². The van der Waals surface area contributed by atoms with Gasteiger partial charge in [0, 0.05) is 38.9 Å². The third-order valence-electron chi connectivity index (χ3n) is 1.94. The number of nitrogens with zero attached hydrogens (tertiary/aromatic N) is 3. The van der Waals surface area contributed by atoms with E-state index < -0.39 is 0 Å². The van der Waals surface area contributed by atoms with Crippen molar-refractivity contribution in [3.05, 3.63) is 48.5 Å². The summed E-state index contributed by atoms with van der Waals surface area (Å²) in [5.74, 6) is 0.556. The lowest BCUT2D eigenvalue weighted by Gasteiger charge is -1.95. The van der Waals surface area contributed by atoms with E-state index in [2.05, 4.69) is 25.6 Å². The largest absolute Gasteiger partial charge is 0.357 e. The molecule has 2 heterocycles. The van der Waals surface area contributed by atoms with Gasteiger partial charge in [-0.1, -0.05) is 0 Å². The number of nitrogens with one attached hydrogen (secondary N) is 2. The smallest absolute Gasteiger partial charge is 0.252 e. The summed E-state index contributed by atoms with van der Waals surface area (Å²) in [6, 6.07) is 5.22. The number of carbonyl (C=O) groups excluding carboxylic acids is 1. The number of hydrogen-bond acceptors (Lipinski definition) is 5. The van der Waals surface area contributed by atoms with Gasteiger partial charge >= 0.3 is 0 Å². The molecule has 0 spiro atoms. The van der Waals surface area contributed by atoms with Crippen LogP contribution in [0.25, 0.3) is 0 Å². The van der Waals surface area contributed by atoms with Gasteiger partial charge in [0.2, 0.25) is 5.95 Å². The number of rotatable bonds is 2. The van der Waals surface area contributed by atoms with Crippen LogP contribution in [0.5, 0.6) is 0 Å². The van der Waals surface area contributed by atoms with Crippen LogP contribution >= 0.6 is 0 Å². The van der Waals surface area contributed by atoms with Gasteiger partial charge in [-0.25, -0.2) is 9.97 Å². The first-order valence-corrected chi connectivity index (χ1v) is 5.34. The Morgan fingerprint density at radius 3 is 2.28 bits per heavy atom. The highest BCUT2D eigenvalue weighted by Crippen LogP contribution is 1.93. The standard InChI is InChI=1S/C7H8N2O.C5H7N3/c1-8-7(10)6-3-2-4-9-5-6;1-6-5-7-3-2-4-8-5/h2-5H,1H3,(H,8,10);2-4H,1H3,(H,6,7,8). The van der Waals surface area contributed by atoms with Crippen LogP contribution in [0.3, 0.4) is 0 Å². The topological polar surface area (TPSA) is 79.8 Å². The zero-order valence-corrected chi connectivity index (χ0v) is 10.3. The van der Waals surface area contributed by atoms with Crippen molar-refractivity contribution in [2.24, 2.45) is 0 Å². The minimum atomic E-state index is -0.104. The summed E-state index contributed by atoms with van der Waals surface area (Å²) < 4.78 is 0. The molecule has 0 unspecified atom stereocenters. The van der Waals surface area contributed by atoms with E-state index in [4.69, 9.17) is 0 Å². The highest BCUT2D eigenvalue weighted by molar-refractivity contribution is 5.93. The van der Waals surface area contributed by atoms with Crippen LogP contribution in [-0.2, 0) is 0 Å². The van der Waals surface area contributed by atoms with Crippen molar-refractivity contribution in [3.63, 3.8) is 0 Å². The molecule has 0 aliphatic rings. The molecule has 6 heteroatoms. The third-order valence-corrected chi connectivity index (χ3v) is 1.94. The summed E-state index contributed by atoms with van der Waals surface area (Å²) in [5.41, 5.74) is 0.588. The minimum absolute atomic E-state index is 0.104. The van der Waals surface area contributed by atoms with Crippen molar-refractivity contribution in [2.45, 2.75) is 0 Å². The molecule has 0 aliphatic carbocycles. The summed E-state index contributed by atoms with van der Waals surface area (Å²) in [5, 5.41) is 5.31. The first-order chi connectivity index (χ1) is 8.77. The Bertz CT molecular complexity index is 460. The van der Waals surface area contributed by atoms with E-state index in [1.165, 1.54) is 6.20 Å². The van der Waals surface area contributed by atoms with Gasteiger partial charge in [-0.15, -0.1) is 0 Å². The minimum Gasteiger partial charge on any atom is -0.357 e. The summed E-state index contributed by atoms with van der Waals surface area (Å²) >= 11 is 0. The lowest BCUT2D eigenvalue weighted by molar-refractivity contribution is 0.0962. The molecule has 2 N–H and O–H groups in total. The van der Waals surface area contributed by atoms with Crippen molar-refractivity contribution in [1.82, 2.24) is 20.3 Å². The normalized spacial score (nSPS) is 8.78. The van der Waals surface area contributed by atoms with Crippen LogP contribution in [0, 0.1) is 0 Å². The van der Waals surface area contributed by atoms with Crippen LogP contribution < -0.4 is 10.6 Å². The average molecular weight is 245 g/mol. The quantitative estimate of drug-likeness (QED) is 0.823. The maximum atomic E-state index is 10.9. The Labute approximate surface area is 106 Å². The maximum absolute atomic E-state index is 10.9. The second-order valence-corrected chi connectivity index (χ2v) is 3.14. The van der Waals surface area contributed by atoms with E-state index in [0.717, 1.165) is 0 Å². The van der Waals surface area contributed by atoms with Gasteiger partial charge in [-0.05, 0) is 18.2 Å². The molecule has 0 fully saturated rings. The van der Waals surface area contributed by atoms with Gasteiger partial charge < -0.3 is 10.6 Å². The van der Waals surface area contributed by atoms with E-state index in [9.17, 15) is 4.79 Å². The Kier molecular flexibility index (Phi) is 5.82. The van der Waals surface area contributed by atoms with Gasteiger partial charge in [0.1, 0.15) is 0 Å². The first-order valence-electron chi connectivity index (χ1n) is 5.34. The van der Waals surface area contributed by atoms with E-state index in [1.807, 2.05) is 0 Å². The lowest BCUT2D eigenvalue weighted by Crippen LogP contribution is -2.17. The van der Waals surface area contributed by atoms with Crippen LogP contribution in [0.1, 0.15) is 10.4 Å². The Balaban J connectivity index is 0.000000184. The lowest BCUT2D eigenvalue weighted by atomic mass is 10.3. The zero-order valence-electron chi connectivity index (χ0n) is 10.3. The summed E-state index contributed by atoms with van der Waals surface area (Å²) in [4.78, 5) is 22.4. The van der Waals surface area contributed by atoms with Crippen LogP contribution in [0.4, 0.5) is 5.95 Å². The van der Waals surface area contributed by atoms with E-state index in [-0.39, 0.29) is 5.91 Å². The molecule has 0 atom stereocenters. The zero-order chi connectivity index (χ0) is 13.2. The van der Waals surface area contributed by atoms with E-state index in [0.29, 0.717) is 11.5 Å². The van der Waals surface area contributed by atoms with Crippen molar-refractivity contribution in [3.8, 4) is 0 Å². The molecular weight excluding hydrogens is 230 g/mol. The fourth-order valence-corrected chi connectivity index (χ4v) is 1.07. The average Bonchev–Trinajstić information content (AvgIpc) is 2.49. The molecule has 0 aliphatic heterocycles. The Morgan fingerprint density at radius 1 is 1.11 bits per heavy atom. The number of hydrogen-bond donors (Lipinski definition) is 2. The van der Waals surface area contributed by atoms with Gasteiger partial charge in [-0.2, -0.15) is 0 Å². The highest BCUT2D eigenvalue weighted by atomic mass is 16.1. The SMILES string of the molecule is CNC(=O)c1cccnc1.CNc1ncccn1. The predicted octanol–water partition coefficient (Wildman–Crippen LogP) is 0.959. The monoisotopic (exact) mass is 245 g/mol. The molecule has 2 rings (SSSR count). The van der Waals surface area contributed by atoms with Gasteiger partial charge in [0.05, 0.1) is 5.56 Å².